The Morgan fingerprint density at radius 2 is 1.95 bits per heavy atom. The quantitative estimate of drug-likeness (QED) is 0.908. The van der Waals surface area contributed by atoms with Crippen molar-refractivity contribution in [2.24, 2.45) is 0 Å². The van der Waals surface area contributed by atoms with Gasteiger partial charge in [0.25, 0.3) is 10.0 Å². The summed E-state index contributed by atoms with van der Waals surface area (Å²) in [7, 11) is -3.97. The molecule has 0 radical (unpaired) electrons. The van der Waals surface area contributed by atoms with Crippen LogP contribution >= 0.6 is 0 Å². The van der Waals surface area contributed by atoms with E-state index in [0.717, 1.165) is 5.56 Å². The van der Waals surface area contributed by atoms with Crippen LogP contribution in [0.1, 0.15) is 12.0 Å². The normalized spacial score (nSPS) is 18.1. The van der Waals surface area contributed by atoms with Gasteiger partial charge in [-0.3, -0.25) is 4.79 Å². The zero-order valence-corrected chi connectivity index (χ0v) is 11.5. The molecular weight excluding hydrogens is 282 g/mol. The maximum atomic E-state index is 11.9. The van der Waals surface area contributed by atoms with Crippen LogP contribution in [-0.2, 0) is 19.6 Å². The van der Waals surface area contributed by atoms with Crippen molar-refractivity contribution in [3.05, 3.63) is 42.0 Å². The molecule has 1 atom stereocenters. The molecule has 0 aromatic heterocycles. The van der Waals surface area contributed by atoms with Gasteiger partial charge in [0, 0.05) is 0 Å². The third-order valence-corrected chi connectivity index (χ3v) is 4.03. The minimum Gasteiger partial charge on any atom is -0.441 e. The first-order chi connectivity index (χ1) is 9.37. The number of aryl methyl sites for hydroxylation is 1. The molecular formula is C13H13NO5S. The molecule has 1 N–H and O–H groups in total. The van der Waals surface area contributed by atoms with Gasteiger partial charge in [0.05, 0.1) is 11.3 Å². The Kier molecular flexibility index (Phi) is 3.89. The monoisotopic (exact) mass is 295 g/mol. The third kappa shape index (κ3) is 3.45. The Balaban J connectivity index is 2.01. The molecule has 20 heavy (non-hydrogen) atoms. The Morgan fingerprint density at radius 1 is 1.30 bits per heavy atom. The highest BCUT2D eigenvalue weighted by molar-refractivity contribution is 7.90. The van der Waals surface area contributed by atoms with Gasteiger partial charge in [-0.1, -0.05) is 17.7 Å². The lowest BCUT2D eigenvalue weighted by Gasteiger charge is -2.11. The van der Waals surface area contributed by atoms with E-state index < -0.39 is 22.2 Å². The van der Waals surface area contributed by atoms with Crippen LogP contribution in [0.3, 0.4) is 0 Å². The van der Waals surface area contributed by atoms with Gasteiger partial charge < -0.3 is 4.74 Å². The lowest BCUT2D eigenvalue weighted by atomic mass is 10.2. The Hall–Kier alpha value is -2.15. The van der Waals surface area contributed by atoms with Crippen LogP contribution in [0.2, 0.25) is 0 Å². The fourth-order valence-electron chi connectivity index (χ4n) is 1.68. The van der Waals surface area contributed by atoms with E-state index in [0.29, 0.717) is 0 Å². The minimum atomic E-state index is -3.97. The molecule has 0 bridgehead atoms. The number of amides is 1. The molecule has 1 aliphatic carbocycles. The first kappa shape index (κ1) is 14.3. The highest BCUT2D eigenvalue weighted by atomic mass is 32.2. The first-order valence-corrected chi connectivity index (χ1v) is 7.36. The number of hydrogen-bond acceptors (Lipinski definition) is 5. The number of carbonyl (C=O) groups excluding carboxylic acids is 2. The van der Waals surface area contributed by atoms with Crippen LogP contribution in [0, 0.1) is 6.92 Å². The summed E-state index contributed by atoms with van der Waals surface area (Å²) in [5.74, 6) is -0.163. The maximum absolute atomic E-state index is 11.9. The number of ketones is 1. The van der Waals surface area contributed by atoms with Crippen LogP contribution in [0.25, 0.3) is 0 Å². The second-order valence-corrected chi connectivity index (χ2v) is 6.07. The molecule has 0 spiro atoms. The standard InChI is InChI=1S/C13H13NO5S/c1-9-2-6-12(7-3-9)20(17,18)14-13(16)19-11-5-4-10(15)8-11/h2-7,11H,8H2,1H3,(H,14,16). The van der Waals surface area contributed by atoms with Gasteiger partial charge in [-0.15, -0.1) is 0 Å². The van der Waals surface area contributed by atoms with E-state index in [1.165, 1.54) is 24.3 Å². The molecule has 1 aromatic rings. The summed E-state index contributed by atoms with van der Waals surface area (Å²) in [6, 6.07) is 6.03. The van der Waals surface area contributed by atoms with Crippen molar-refractivity contribution in [3.8, 4) is 0 Å². The molecule has 1 amide bonds. The number of sulfonamides is 1. The summed E-state index contributed by atoms with van der Waals surface area (Å²) in [4.78, 5) is 22.4. The van der Waals surface area contributed by atoms with Gasteiger partial charge in [-0.25, -0.2) is 17.9 Å². The van der Waals surface area contributed by atoms with E-state index in [-0.39, 0.29) is 17.1 Å². The van der Waals surface area contributed by atoms with Gasteiger partial charge in [-0.05, 0) is 31.2 Å². The molecule has 0 aliphatic heterocycles. The van der Waals surface area contributed by atoms with Crippen LogP contribution in [0.4, 0.5) is 4.79 Å². The van der Waals surface area contributed by atoms with E-state index in [2.05, 4.69) is 0 Å². The predicted octanol–water partition coefficient (Wildman–Crippen LogP) is 1.31. The summed E-state index contributed by atoms with van der Waals surface area (Å²) >= 11 is 0. The SMILES string of the molecule is Cc1ccc(S(=O)(=O)NC(=O)OC2C=CC(=O)C2)cc1. The van der Waals surface area contributed by atoms with Gasteiger partial charge in [-0.2, -0.15) is 0 Å². The van der Waals surface area contributed by atoms with Crippen molar-refractivity contribution in [2.75, 3.05) is 0 Å². The summed E-state index contributed by atoms with van der Waals surface area (Å²) in [6.45, 7) is 1.82. The molecule has 0 heterocycles. The number of allylic oxidation sites excluding steroid dienone is 1. The molecule has 1 aromatic carbocycles. The highest BCUT2D eigenvalue weighted by Gasteiger charge is 2.23. The predicted molar refractivity (Wildman–Crippen MR) is 70.5 cm³/mol. The van der Waals surface area contributed by atoms with Gasteiger partial charge >= 0.3 is 6.09 Å². The molecule has 106 valence electrons. The van der Waals surface area contributed by atoms with E-state index in [4.69, 9.17) is 4.74 Å². The molecule has 1 unspecified atom stereocenters. The number of carbonyl (C=O) groups is 2. The Morgan fingerprint density at radius 3 is 2.50 bits per heavy atom. The van der Waals surface area contributed by atoms with E-state index in [1.807, 2.05) is 6.92 Å². The molecule has 6 nitrogen and oxygen atoms in total. The average molecular weight is 295 g/mol. The smallest absolute Gasteiger partial charge is 0.421 e. The van der Waals surface area contributed by atoms with Crippen LogP contribution in [0.5, 0.6) is 0 Å². The number of nitrogens with one attached hydrogen (secondary N) is 1. The number of ether oxygens (including phenoxy) is 1. The van der Waals surface area contributed by atoms with Gasteiger partial charge in [0.2, 0.25) is 0 Å². The highest BCUT2D eigenvalue weighted by Crippen LogP contribution is 2.12. The summed E-state index contributed by atoms with van der Waals surface area (Å²) in [5.41, 5.74) is 0.904. The van der Waals surface area contributed by atoms with Crippen LogP contribution in [0.15, 0.2) is 41.3 Å². The van der Waals surface area contributed by atoms with Crippen molar-refractivity contribution in [1.29, 1.82) is 0 Å². The fourth-order valence-corrected chi connectivity index (χ4v) is 2.56. The third-order valence-electron chi connectivity index (χ3n) is 2.71. The van der Waals surface area contributed by atoms with E-state index in [9.17, 15) is 18.0 Å². The van der Waals surface area contributed by atoms with Gasteiger partial charge in [0.1, 0.15) is 6.10 Å². The summed E-state index contributed by atoms with van der Waals surface area (Å²) < 4.78 is 30.4. The van der Waals surface area contributed by atoms with Crippen LogP contribution < -0.4 is 4.72 Å². The Labute approximate surface area is 116 Å². The van der Waals surface area contributed by atoms with Crippen molar-refractivity contribution in [3.63, 3.8) is 0 Å². The number of benzene rings is 1. The van der Waals surface area contributed by atoms with Crippen LogP contribution in [-0.4, -0.2) is 26.4 Å². The molecule has 2 rings (SSSR count). The summed E-state index contributed by atoms with van der Waals surface area (Å²) in [6.07, 6.45) is 0.941. The molecule has 7 heteroatoms. The zero-order valence-electron chi connectivity index (χ0n) is 10.7. The van der Waals surface area contributed by atoms with Crippen molar-refractivity contribution >= 4 is 21.9 Å². The molecule has 1 aliphatic rings. The molecule has 0 saturated carbocycles. The summed E-state index contributed by atoms with van der Waals surface area (Å²) in [5, 5.41) is 0. The topological polar surface area (TPSA) is 89.5 Å². The first-order valence-electron chi connectivity index (χ1n) is 5.88. The minimum absolute atomic E-state index is 0.0295. The van der Waals surface area contributed by atoms with Gasteiger partial charge in [0.15, 0.2) is 5.78 Å². The number of rotatable bonds is 3. The van der Waals surface area contributed by atoms with Crippen molar-refractivity contribution in [2.45, 2.75) is 24.3 Å². The Bertz CT molecular complexity index is 661. The zero-order chi connectivity index (χ0) is 14.8. The molecule has 0 fully saturated rings. The number of hydrogen-bond donors (Lipinski definition) is 1. The van der Waals surface area contributed by atoms with E-state index >= 15 is 0 Å². The maximum Gasteiger partial charge on any atom is 0.421 e. The second-order valence-electron chi connectivity index (χ2n) is 4.39. The van der Waals surface area contributed by atoms with Crippen molar-refractivity contribution < 1.29 is 22.7 Å². The average Bonchev–Trinajstić information content (AvgIpc) is 2.74. The van der Waals surface area contributed by atoms with E-state index in [1.54, 1.807) is 16.9 Å². The lowest BCUT2D eigenvalue weighted by Crippen LogP contribution is -2.33. The largest absolute Gasteiger partial charge is 0.441 e. The fraction of sp³-hybridized carbons (Fsp3) is 0.231. The second kappa shape index (κ2) is 5.46. The molecule has 0 saturated heterocycles. The van der Waals surface area contributed by atoms with Crippen molar-refractivity contribution in [1.82, 2.24) is 4.72 Å². The lowest BCUT2D eigenvalue weighted by molar-refractivity contribution is -0.114.